The molecule has 1 aliphatic rings. The van der Waals surface area contributed by atoms with Crippen LogP contribution in [0.1, 0.15) is 22.7 Å². The number of rotatable bonds is 6. The molecule has 0 atom stereocenters. The van der Waals surface area contributed by atoms with Crippen molar-refractivity contribution >= 4 is 29.5 Å². The van der Waals surface area contributed by atoms with Crippen molar-refractivity contribution in [2.75, 3.05) is 30.9 Å². The maximum absolute atomic E-state index is 13.0. The Balaban J connectivity index is 1.68. The van der Waals surface area contributed by atoms with Gasteiger partial charge in [-0.25, -0.2) is 9.37 Å². The van der Waals surface area contributed by atoms with Crippen LogP contribution in [0, 0.1) is 12.7 Å². The van der Waals surface area contributed by atoms with Crippen molar-refractivity contribution in [3.63, 3.8) is 0 Å². The maximum Gasteiger partial charge on any atom is 0.130 e. The third kappa shape index (κ3) is 3.85. The van der Waals surface area contributed by atoms with E-state index in [9.17, 15) is 4.39 Å². The predicted octanol–water partition coefficient (Wildman–Crippen LogP) is 4.62. The number of pyridine rings is 1. The van der Waals surface area contributed by atoms with Crippen LogP contribution in [-0.2, 0) is 10.6 Å². The normalized spacial score (nSPS) is 14.8. The van der Waals surface area contributed by atoms with Crippen LogP contribution in [0.15, 0.2) is 30.3 Å². The standard InChI is InChI=1S/C18H20ClFN2OS/c1-12-16(19)9-18(21-17(12)7-8-24-23-2)22-10-14(11-22)13-3-5-15(20)6-4-13/h3-6,9,14H,7-8,10-11H2,1-2H3. The molecule has 6 heteroatoms. The van der Waals surface area contributed by atoms with Gasteiger partial charge in [-0.3, -0.25) is 0 Å². The lowest BCUT2D eigenvalue weighted by molar-refractivity contribution is 0.489. The van der Waals surface area contributed by atoms with E-state index >= 15 is 0 Å². The molecular weight excluding hydrogens is 347 g/mol. The van der Waals surface area contributed by atoms with Crippen LogP contribution in [0.4, 0.5) is 10.2 Å². The van der Waals surface area contributed by atoms with E-state index in [4.69, 9.17) is 20.8 Å². The molecule has 0 amide bonds. The highest BCUT2D eigenvalue weighted by molar-refractivity contribution is 7.94. The van der Waals surface area contributed by atoms with Crippen molar-refractivity contribution in [1.82, 2.24) is 4.98 Å². The van der Waals surface area contributed by atoms with Gasteiger partial charge in [0.25, 0.3) is 0 Å². The molecule has 0 bridgehead atoms. The Bertz CT molecular complexity index is 705. The van der Waals surface area contributed by atoms with E-state index in [-0.39, 0.29) is 5.82 Å². The monoisotopic (exact) mass is 366 g/mol. The summed E-state index contributed by atoms with van der Waals surface area (Å²) in [6.07, 6.45) is 0.827. The highest BCUT2D eigenvalue weighted by Crippen LogP contribution is 2.33. The summed E-state index contributed by atoms with van der Waals surface area (Å²) < 4.78 is 18.1. The smallest absolute Gasteiger partial charge is 0.130 e. The first kappa shape index (κ1) is 17.5. The van der Waals surface area contributed by atoms with Gasteiger partial charge in [0, 0.05) is 41.9 Å². The van der Waals surface area contributed by atoms with Gasteiger partial charge in [0.1, 0.15) is 11.6 Å². The van der Waals surface area contributed by atoms with Crippen molar-refractivity contribution in [3.05, 3.63) is 58.0 Å². The van der Waals surface area contributed by atoms with Gasteiger partial charge in [-0.1, -0.05) is 23.7 Å². The molecule has 128 valence electrons. The minimum Gasteiger partial charge on any atom is -0.355 e. The zero-order chi connectivity index (χ0) is 17.1. The first-order valence-corrected chi connectivity index (χ1v) is 9.19. The van der Waals surface area contributed by atoms with Gasteiger partial charge in [-0.2, -0.15) is 0 Å². The summed E-state index contributed by atoms with van der Waals surface area (Å²) in [5.41, 5.74) is 3.22. The number of aromatic nitrogens is 1. The highest BCUT2D eigenvalue weighted by atomic mass is 35.5. The van der Waals surface area contributed by atoms with Crippen molar-refractivity contribution in [1.29, 1.82) is 0 Å². The number of aryl methyl sites for hydroxylation is 1. The van der Waals surface area contributed by atoms with Crippen LogP contribution >= 0.6 is 23.6 Å². The fourth-order valence-corrected chi connectivity index (χ4v) is 3.50. The molecule has 0 N–H and O–H groups in total. The van der Waals surface area contributed by atoms with E-state index in [2.05, 4.69) is 4.90 Å². The summed E-state index contributed by atoms with van der Waals surface area (Å²) in [4.78, 5) is 7.00. The predicted molar refractivity (Wildman–Crippen MR) is 98.5 cm³/mol. The summed E-state index contributed by atoms with van der Waals surface area (Å²) in [5.74, 6) is 1.99. The van der Waals surface area contributed by atoms with Gasteiger partial charge in [-0.05, 0) is 48.3 Å². The van der Waals surface area contributed by atoms with Gasteiger partial charge in [0.15, 0.2) is 0 Å². The minimum atomic E-state index is -0.194. The molecule has 0 spiro atoms. The van der Waals surface area contributed by atoms with E-state index in [1.54, 1.807) is 7.11 Å². The molecule has 0 aliphatic carbocycles. The first-order chi connectivity index (χ1) is 11.6. The van der Waals surface area contributed by atoms with E-state index in [0.29, 0.717) is 5.92 Å². The number of benzene rings is 1. The molecule has 0 saturated carbocycles. The lowest BCUT2D eigenvalue weighted by Gasteiger charge is -2.40. The molecule has 1 saturated heterocycles. The van der Waals surface area contributed by atoms with Gasteiger partial charge in [0.05, 0.1) is 7.11 Å². The average molecular weight is 367 g/mol. The van der Waals surface area contributed by atoms with Gasteiger partial charge in [0.2, 0.25) is 0 Å². The van der Waals surface area contributed by atoms with Crippen LogP contribution in [0.5, 0.6) is 0 Å². The Kier molecular flexibility index (Phi) is 5.64. The summed E-state index contributed by atoms with van der Waals surface area (Å²) in [6.45, 7) is 3.76. The van der Waals surface area contributed by atoms with Gasteiger partial charge in [-0.15, -0.1) is 0 Å². The average Bonchev–Trinajstić information content (AvgIpc) is 2.52. The van der Waals surface area contributed by atoms with E-state index in [1.807, 2.05) is 25.1 Å². The van der Waals surface area contributed by atoms with Crippen LogP contribution in [0.2, 0.25) is 5.02 Å². The quantitative estimate of drug-likeness (QED) is 0.550. The Morgan fingerprint density at radius 2 is 2.04 bits per heavy atom. The van der Waals surface area contributed by atoms with E-state index in [0.717, 1.165) is 47.4 Å². The zero-order valence-electron chi connectivity index (χ0n) is 13.8. The molecule has 24 heavy (non-hydrogen) atoms. The topological polar surface area (TPSA) is 25.4 Å². The number of hydrogen-bond donors (Lipinski definition) is 0. The summed E-state index contributed by atoms with van der Waals surface area (Å²) in [7, 11) is 1.67. The number of nitrogens with zero attached hydrogens (tertiary/aromatic N) is 2. The molecule has 0 unspecified atom stereocenters. The molecule has 2 heterocycles. The van der Waals surface area contributed by atoms with Crippen molar-refractivity contribution in [3.8, 4) is 0 Å². The molecule has 1 aromatic heterocycles. The van der Waals surface area contributed by atoms with Crippen molar-refractivity contribution in [2.45, 2.75) is 19.3 Å². The zero-order valence-corrected chi connectivity index (χ0v) is 15.3. The molecule has 2 aromatic rings. The molecular formula is C18H20ClFN2OS. The SMILES string of the molecule is COSCCc1nc(N2CC(c3ccc(F)cc3)C2)cc(Cl)c1C. The Hall–Kier alpha value is -1.30. The third-order valence-corrected chi connectivity index (χ3v) is 5.38. The largest absolute Gasteiger partial charge is 0.355 e. The summed E-state index contributed by atoms with van der Waals surface area (Å²) in [6, 6.07) is 8.69. The summed E-state index contributed by atoms with van der Waals surface area (Å²) >= 11 is 7.80. The molecule has 3 rings (SSSR count). The lowest BCUT2D eigenvalue weighted by atomic mass is 9.91. The van der Waals surface area contributed by atoms with Gasteiger partial charge < -0.3 is 9.08 Å². The first-order valence-electron chi connectivity index (χ1n) is 7.90. The van der Waals surface area contributed by atoms with E-state index < -0.39 is 0 Å². The molecule has 3 nitrogen and oxygen atoms in total. The minimum absolute atomic E-state index is 0.194. The third-order valence-electron chi connectivity index (χ3n) is 4.38. The number of hydrogen-bond acceptors (Lipinski definition) is 4. The summed E-state index contributed by atoms with van der Waals surface area (Å²) in [5, 5.41) is 0.752. The van der Waals surface area contributed by atoms with Crippen LogP contribution < -0.4 is 4.90 Å². The Morgan fingerprint density at radius 1 is 1.33 bits per heavy atom. The highest BCUT2D eigenvalue weighted by Gasteiger charge is 2.29. The molecule has 0 radical (unpaired) electrons. The van der Waals surface area contributed by atoms with E-state index in [1.165, 1.54) is 29.7 Å². The fourth-order valence-electron chi connectivity index (χ4n) is 2.85. The molecule has 1 aromatic carbocycles. The van der Waals surface area contributed by atoms with Crippen molar-refractivity contribution in [2.24, 2.45) is 0 Å². The molecule has 1 fully saturated rings. The second kappa shape index (κ2) is 7.72. The lowest BCUT2D eigenvalue weighted by Crippen LogP contribution is -2.45. The maximum atomic E-state index is 13.0. The fraction of sp³-hybridized carbons (Fsp3) is 0.389. The molecule has 1 aliphatic heterocycles. The Labute approximate surface area is 151 Å². The van der Waals surface area contributed by atoms with Gasteiger partial charge >= 0.3 is 0 Å². The number of anilines is 1. The second-order valence-corrected chi connectivity index (χ2v) is 7.31. The van der Waals surface area contributed by atoms with Crippen molar-refractivity contribution < 1.29 is 8.57 Å². The van der Waals surface area contributed by atoms with Crippen LogP contribution in [-0.4, -0.2) is 30.9 Å². The van der Waals surface area contributed by atoms with Crippen LogP contribution in [0.25, 0.3) is 0 Å². The number of halogens is 2. The second-order valence-electron chi connectivity index (χ2n) is 5.93. The van der Waals surface area contributed by atoms with Crippen LogP contribution in [0.3, 0.4) is 0 Å². The Morgan fingerprint density at radius 3 is 2.71 bits per heavy atom.